The van der Waals surface area contributed by atoms with Crippen molar-refractivity contribution in [3.05, 3.63) is 48.7 Å². The molecule has 1 heterocycles. The molecule has 1 aromatic heterocycles. The molecule has 0 amide bonds. The summed E-state index contributed by atoms with van der Waals surface area (Å²) in [4.78, 5) is 16.2. The second-order valence-corrected chi connectivity index (χ2v) is 5.02. The van der Waals surface area contributed by atoms with E-state index in [4.69, 9.17) is 12.2 Å². The van der Waals surface area contributed by atoms with Crippen LogP contribution in [0.3, 0.4) is 0 Å². The van der Waals surface area contributed by atoms with Crippen LogP contribution in [0.2, 0.25) is 0 Å². The molecule has 0 bridgehead atoms. The van der Waals surface area contributed by atoms with Crippen LogP contribution in [0.15, 0.2) is 16.6 Å². The number of aromatic nitrogens is 2. The average Bonchev–Trinajstić information content (AvgIpc) is 2.35. The predicted molar refractivity (Wildman–Crippen MR) is 73.9 cm³/mol. The molecule has 104 valence electrons. The smallest absolute Gasteiger partial charge is 0.305 e. The molecule has 0 aliphatic rings. The minimum absolute atomic E-state index is 0.0987. The molecule has 1 N–H and O–H groups in total. The van der Waals surface area contributed by atoms with Gasteiger partial charge in [-0.15, -0.1) is 0 Å². The van der Waals surface area contributed by atoms with Crippen molar-refractivity contribution in [3.63, 3.8) is 0 Å². The number of nitrogens with zero attached hydrogens (tertiary/aromatic N) is 2. The lowest BCUT2D eigenvalue weighted by Crippen LogP contribution is -2.02. The molecule has 0 aliphatic heterocycles. The number of halogens is 3. The molecule has 0 atom stereocenters. The highest BCUT2D eigenvalue weighted by atomic mass is 79.9. The normalized spacial score (nSPS) is 10.6. The number of nitro groups is 1. The maximum Gasteiger partial charge on any atom is 0.305 e. The zero-order valence-electron chi connectivity index (χ0n) is 9.91. The Morgan fingerprint density at radius 1 is 1.45 bits per heavy atom. The Morgan fingerprint density at radius 2 is 2.10 bits per heavy atom. The second kappa shape index (κ2) is 5.33. The van der Waals surface area contributed by atoms with E-state index in [9.17, 15) is 18.9 Å². The molecule has 0 saturated carbocycles. The van der Waals surface area contributed by atoms with Gasteiger partial charge in [-0.1, -0.05) is 12.2 Å². The Morgan fingerprint density at radius 3 is 2.65 bits per heavy atom. The maximum absolute atomic E-state index is 14.0. The number of aryl methyl sites for hydroxylation is 1. The van der Waals surface area contributed by atoms with E-state index < -0.39 is 27.8 Å². The van der Waals surface area contributed by atoms with Crippen LogP contribution in [0.25, 0.3) is 11.4 Å². The summed E-state index contributed by atoms with van der Waals surface area (Å²) in [7, 11) is 0. The van der Waals surface area contributed by atoms with E-state index in [0.717, 1.165) is 12.1 Å². The van der Waals surface area contributed by atoms with Gasteiger partial charge in [-0.2, -0.15) is 4.39 Å². The fourth-order valence-corrected chi connectivity index (χ4v) is 2.02. The van der Waals surface area contributed by atoms with E-state index in [2.05, 4.69) is 25.9 Å². The van der Waals surface area contributed by atoms with Gasteiger partial charge in [0, 0.05) is 11.8 Å². The summed E-state index contributed by atoms with van der Waals surface area (Å²) in [6.45, 7) is 1.62. The summed E-state index contributed by atoms with van der Waals surface area (Å²) in [6.07, 6.45) is 0. The van der Waals surface area contributed by atoms with E-state index in [1.165, 1.54) is 0 Å². The molecular weight excluding hydrogens is 356 g/mol. The average molecular weight is 362 g/mol. The van der Waals surface area contributed by atoms with Gasteiger partial charge >= 0.3 is 5.69 Å². The van der Waals surface area contributed by atoms with Gasteiger partial charge in [-0.3, -0.25) is 10.1 Å². The number of benzene rings is 1. The largest absolute Gasteiger partial charge is 0.342 e. The first-order valence-corrected chi connectivity index (χ1v) is 6.42. The van der Waals surface area contributed by atoms with E-state index in [-0.39, 0.29) is 10.5 Å². The van der Waals surface area contributed by atoms with Crippen LogP contribution >= 0.6 is 28.1 Å². The molecular formula is C11H6BrF2N3O2S. The Hall–Kier alpha value is -1.74. The first-order valence-electron chi connectivity index (χ1n) is 5.22. The topological polar surface area (TPSA) is 71.8 Å². The zero-order chi connectivity index (χ0) is 15.0. The lowest BCUT2D eigenvalue weighted by molar-refractivity contribution is -0.387. The van der Waals surface area contributed by atoms with Gasteiger partial charge in [0.25, 0.3) is 0 Å². The van der Waals surface area contributed by atoms with Gasteiger partial charge in [0.15, 0.2) is 0 Å². The number of nitro benzene ring substituents is 1. The molecule has 0 fully saturated rings. The van der Waals surface area contributed by atoms with E-state index in [0.29, 0.717) is 10.2 Å². The first-order chi connectivity index (χ1) is 9.32. The van der Waals surface area contributed by atoms with Crippen LogP contribution in [0.4, 0.5) is 14.5 Å². The van der Waals surface area contributed by atoms with Crippen molar-refractivity contribution in [3.8, 4) is 11.4 Å². The molecule has 1 aromatic carbocycles. The lowest BCUT2D eigenvalue weighted by atomic mass is 10.1. The van der Waals surface area contributed by atoms with Crippen LogP contribution in [-0.4, -0.2) is 14.9 Å². The minimum atomic E-state index is -1.30. The fraction of sp³-hybridized carbons (Fsp3) is 0.0909. The molecule has 0 saturated heterocycles. The van der Waals surface area contributed by atoms with Gasteiger partial charge in [0.05, 0.1) is 15.0 Å². The monoisotopic (exact) mass is 361 g/mol. The fourth-order valence-electron chi connectivity index (χ4n) is 1.59. The Kier molecular flexibility index (Phi) is 3.91. The summed E-state index contributed by atoms with van der Waals surface area (Å²) in [6, 6.07) is 1.57. The quantitative estimate of drug-likeness (QED) is 0.497. The standard InChI is InChI=1S/C11H6BrF2N3O2S/c1-4-8(12)11(20)16-10(15-4)7-5(13)2-3-6(9(7)14)17(18)19/h2-3H,1H3,(H,15,16,20). The van der Waals surface area contributed by atoms with Crippen molar-refractivity contribution < 1.29 is 13.7 Å². The van der Waals surface area contributed by atoms with Crippen LogP contribution < -0.4 is 0 Å². The highest BCUT2D eigenvalue weighted by Gasteiger charge is 2.24. The van der Waals surface area contributed by atoms with Crippen molar-refractivity contribution in [2.24, 2.45) is 0 Å². The number of aromatic amines is 1. The SMILES string of the molecule is Cc1[nH]c(-c2c(F)ccc([N+](=O)[O-])c2F)nc(=S)c1Br. The number of rotatable bonds is 2. The van der Waals surface area contributed by atoms with Crippen molar-refractivity contribution in [2.45, 2.75) is 6.92 Å². The van der Waals surface area contributed by atoms with Gasteiger partial charge in [-0.05, 0) is 28.9 Å². The molecule has 9 heteroatoms. The van der Waals surface area contributed by atoms with E-state index in [1.807, 2.05) is 0 Å². The van der Waals surface area contributed by atoms with Gasteiger partial charge in [0.2, 0.25) is 5.82 Å². The van der Waals surface area contributed by atoms with E-state index in [1.54, 1.807) is 6.92 Å². The highest BCUT2D eigenvalue weighted by molar-refractivity contribution is 9.10. The molecule has 2 rings (SSSR count). The number of hydrogen-bond donors (Lipinski definition) is 1. The molecule has 0 spiro atoms. The van der Waals surface area contributed by atoms with Crippen molar-refractivity contribution in [2.75, 3.05) is 0 Å². The number of H-pyrrole nitrogens is 1. The molecule has 5 nitrogen and oxygen atoms in total. The predicted octanol–water partition coefficient (Wildman–Crippen LogP) is 4.06. The Labute approximate surface area is 125 Å². The Balaban J connectivity index is 2.79. The molecule has 0 aliphatic carbocycles. The summed E-state index contributed by atoms with van der Waals surface area (Å²) < 4.78 is 28.4. The van der Waals surface area contributed by atoms with Crippen molar-refractivity contribution in [1.82, 2.24) is 9.97 Å². The maximum atomic E-state index is 14.0. The van der Waals surface area contributed by atoms with Crippen LogP contribution in [0.1, 0.15) is 5.69 Å². The van der Waals surface area contributed by atoms with Crippen LogP contribution in [0, 0.1) is 33.3 Å². The molecule has 2 aromatic rings. The summed E-state index contributed by atoms with van der Waals surface area (Å²) >= 11 is 8.11. The number of hydrogen-bond acceptors (Lipinski definition) is 4. The third kappa shape index (κ3) is 2.46. The van der Waals surface area contributed by atoms with Gasteiger partial charge in [-0.25, -0.2) is 9.37 Å². The van der Waals surface area contributed by atoms with E-state index >= 15 is 0 Å². The third-order valence-electron chi connectivity index (χ3n) is 2.54. The van der Waals surface area contributed by atoms with Crippen LogP contribution in [-0.2, 0) is 0 Å². The summed E-state index contributed by atoms with van der Waals surface area (Å²) in [5.41, 5.74) is -0.936. The Bertz CT molecular complexity index is 779. The van der Waals surface area contributed by atoms with Gasteiger partial charge < -0.3 is 4.98 Å². The molecule has 20 heavy (non-hydrogen) atoms. The van der Waals surface area contributed by atoms with Crippen LogP contribution in [0.5, 0.6) is 0 Å². The minimum Gasteiger partial charge on any atom is -0.342 e. The van der Waals surface area contributed by atoms with Crippen molar-refractivity contribution >= 4 is 33.8 Å². The molecule has 0 unspecified atom stereocenters. The summed E-state index contributed by atoms with van der Waals surface area (Å²) in [5.74, 6) is -2.46. The molecule has 0 radical (unpaired) electrons. The van der Waals surface area contributed by atoms with Crippen molar-refractivity contribution in [1.29, 1.82) is 0 Å². The number of nitrogens with one attached hydrogen (secondary N) is 1. The third-order valence-corrected chi connectivity index (χ3v) is 4.07. The first kappa shape index (κ1) is 14.7. The summed E-state index contributed by atoms with van der Waals surface area (Å²) in [5, 5.41) is 10.7. The second-order valence-electron chi connectivity index (χ2n) is 3.84. The highest BCUT2D eigenvalue weighted by Crippen LogP contribution is 2.30. The lowest BCUT2D eigenvalue weighted by Gasteiger charge is -2.07. The zero-order valence-corrected chi connectivity index (χ0v) is 12.3. The van der Waals surface area contributed by atoms with Gasteiger partial charge in [0.1, 0.15) is 16.3 Å².